The maximum Gasteiger partial charge on any atom is 0.253 e. The molecule has 0 saturated carbocycles. The van der Waals surface area contributed by atoms with Gasteiger partial charge in [0.2, 0.25) is 5.91 Å². The van der Waals surface area contributed by atoms with Gasteiger partial charge < -0.3 is 24.8 Å². The Morgan fingerprint density at radius 2 is 1.89 bits per heavy atom. The largest absolute Gasteiger partial charge is 0.385 e. The second-order valence-electron chi connectivity index (χ2n) is 10.2. The first kappa shape index (κ1) is 26.9. The predicted molar refractivity (Wildman–Crippen MR) is 149 cm³/mol. The fraction of sp³-hybridized carbons (Fsp3) is 0.464. The third-order valence-corrected chi connectivity index (χ3v) is 8.39. The third kappa shape index (κ3) is 5.41. The van der Waals surface area contributed by atoms with Crippen molar-refractivity contribution in [3.63, 3.8) is 0 Å². The minimum absolute atomic E-state index is 0.00804. The number of halogens is 2. The summed E-state index contributed by atoms with van der Waals surface area (Å²) in [5.41, 5.74) is 8.93. The van der Waals surface area contributed by atoms with Crippen molar-refractivity contribution in [2.24, 2.45) is 11.7 Å². The number of imidazole rings is 1. The van der Waals surface area contributed by atoms with Crippen molar-refractivity contribution in [1.82, 2.24) is 19.4 Å². The van der Waals surface area contributed by atoms with E-state index in [9.17, 15) is 9.59 Å². The van der Waals surface area contributed by atoms with E-state index in [-0.39, 0.29) is 24.3 Å². The van der Waals surface area contributed by atoms with Gasteiger partial charge in [0.1, 0.15) is 5.82 Å². The molecule has 0 radical (unpaired) electrons. The summed E-state index contributed by atoms with van der Waals surface area (Å²) in [6, 6.07) is 12.5. The van der Waals surface area contributed by atoms with E-state index in [2.05, 4.69) is 10.6 Å². The van der Waals surface area contributed by atoms with Gasteiger partial charge in [-0.1, -0.05) is 35.3 Å². The van der Waals surface area contributed by atoms with Crippen molar-refractivity contribution in [1.29, 1.82) is 0 Å². The summed E-state index contributed by atoms with van der Waals surface area (Å²) in [4.78, 5) is 35.3. The lowest BCUT2D eigenvalue weighted by Gasteiger charge is -2.35. The van der Waals surface area contributed by atoms with Crippen molar-refractivity contribution in [3.8, 4) is 0 Å². The number of carbonyl (C=O) groups is 2. The number of rotatable bonds is 7. The molecule has 1 aromatic heterocycles. The molecule has 5 rings (SSSR count). The van der Waals surface area contributed by atoms with Gasteiger partial charge in [-0.3, -0.25) is 9.59 Å². The average molecular weight is 559 g/mol. The molecule has 8 nitrogen and oxygen atoms in total. The Kier molecular flexibility index (Phi) is 8.23. The van der Waals surface area contributed by atoms with Crippen LogP contribution in [-0.2, 0) is 16.1 Å². The summed E-state index contributed by atoms with van der Waals surface area (Å²) in [5.74, 6) is 0.520. The number of methoxy groups -OCH3 is 1. The van der Waals surface area contributed by atoms with Crippen molar-refractivity contribution < 1.29 is 14.3 Å². The second kappa shape index (κ2) is 11.6. The molecule has 0 bridgehead atoms. The highest BCUT2D eigenvalue weighted by atomic mass is 35.5. The number of carbonyl (C=O) groups excluding carboxylic acids is 2. The van der Waals surface area contributed by atoms with Crippen LogP contribution in [0.2, 0.25) is 10.0 Å². The van der Waals surface area contributed by atoms with E-state index in [0.717, 1.165) is 42.7 Å². The van der Waals surface area contributed by atoms with Crippen molar-refractivity contribution in [3.05, 3.63) is 63.9 Å². The van der Waals surface area contributed by atoms with E-state index < -0.39 is 12.0 Å². The van der Waals surface area contributed by atoms with Gasteiger partial charge in [-0.25, -0.2) is 4.98 Å². The predicted octanol–water partition coefficient (Wildman–Crippen LogP) is 4.19. The van der Waals surface area contributed by atoms with Gasteiger partial charge >= 0.3 is 0 Å². The second-order valence-corrected chi connectivity index (χ2v) is 11.0. The number of aromatic nitrogens is 2. The molecular weight excluding hydrogens is 525 g/mol. The number of ether oxygens (including phenoxy) is 1. The first-order valence-corrected chi connectivity index (χ1v) is 13.9. The molecule has 2 aliphatic heterocycles. The Labute approximate surface area is 232 Å². The van der Waals surface area contributed by atoms with E-state index in [4.69, 9.17) is 38.7 Å². The molecule has 0 spiro atoms. The van der Waals surface area contributed by atoms with Crippen molar-refractivity contribution in [2.45, 2.75) is 37.8 Å². The van der Waals surface area contributed by atoms with Crippen LogP contribution in [0.1, 0.15) is 41.4 Å². The molecule has 2 N–H and O–H groups in total. The van der Waals surface area contributed by atoms with Gasteiger partial charge in [-0.15, -0.1) is 0 Å². The number of aryl methyl sites for hydroxylation is 1. The molecule has 2 aliphatic rings. The van der Waals surface area contributed by atoms with Crippen LogP contribution in [-0.4, -0.2) is 77.1 Å². The van der Waals surface area contributed by atoms with Gasteiger partial charge in [-0.2, -0.15) is 0 Å². The summed E-state index contributed by atoms with van der Waals surface area (Å²) in [5, 5.41) is 0.711. The van der Waals surface area contributed by atoms with E-state index in [0.29, 0.717) is 41.8 Å². The summed E-state index contributed by atoms with van der Waals surface area (Å²) in [7, 11) is 1.71. The minimum Gasteiger partial charge on any atom is -0.385 e. The van der Waals surface area contributed by atoms with E-state index in [1.54, 1.807) is 30.2 Å². The van der Waals surface area contributed by atoms with Crippen LogP contribution in [0.3, 0.4) is 0 Å². The maximum absolute atomic E-state index is 13.7. The fourth-order valence-corrected chi connectivity index (χ4v) is 6.00. The SMILES string of the molecule is COCCCn1c(C2CCCN(C(=O)[C@@H]3CN(C(=O)c4ccc(Cl)c(Cl)c4)C[C@H]3N)C2)nc2ccccc21. The molecular formula is C28H33Cl2N5O3. The fourth-order valence-electron chi connectivity index (χ4n) is 5.70. The summed E-state index contributed by atoms with van der Waals surface area (Å²) in [6.45, 7) is 3.38. The van der Waals surface area contributed by atoms with Gasteiger partial charge in [0.25, 0.3) is 5.91 Å². The van der Waals surface area contributed by atoms with Crippen LogP contribution in [0.5, 0.6) is 0 Å². The topological polar surface area (TPSA) is 93.7 Å². The van der Waals surface area contributed by atoms with Gasteiger partial charge in [0, 0.05) is 64.0 Å². The molecule has 3 aromatic rings. The molecule has 3 heterocycles. The molecule has 1 unspecified atom stereocenters. The van der Waals surface area contributed by atoms with Crippen LogP contribution in [0.15, 0.2) is 42.5 Å². The number of benzene rings is 2. The molecule has 2 amide bonds. The minimum atomic E-state index is -0.444. The number of piperidine rings is 1. The van der Waals surface area contributed by atoms with Crippen molar-refractivity contribution >= 4 is 46.0 Å². The number of hydrogen-bond donors (Lipinski definition) is 1. The Morgan fingerprint density at radius 1 is 1.08 bits per heavy atom. The third-order valence-electron chi connectivity index (χ3n) is 7.65. The molecule has 0 aliphatic carbocycles. The number of amides is 2. The highest BCUT2D eigenvalue weighted by Crippen LogP contribution is 2.32. The summed E-state index contributed by atoms with van der Waals surface area (Å²) < 4.78 is 7.56. The lowest BCUT2D eigenvalue weighted by atomic mass is 9.94. The lowest BCUT2D eigenvalue weighted by Crippen LogP contribution is -2.47. The first-order chi connectivity index (χ1) is 18.4. The quantitative estimate of drug-likeness (QED) is 0.439. The molecule has 3 atom stereocenters. The van der Waals surface area contributed by atoms with E-state index in [1.165, 1.54) is 0 Å². The highest BCUT2D eigenvalue weighted by molar-refractivity contribution is 6.42. The molecule has 10 heteroatoms. The smallest absolute Gasteiger partial charge is 0.253 e. The van der Waals surface area contributed by atoms with Gasteiger partial charge in [-0.05, 0) is 49.6 Å². The number of nitrogens with zero attached hydrogens (tertiary/aromatic N) is 4. The van der Waals surface area contributed by atoms with Crippen LogP contribution >= 0.6 is 23.2 Å². The number of likely N-dealkylation sites (tertiary alicyclic amines) is 2. The van der Waals surface area contributed by atoms with Gasteiger partial charge in [0.15, 0.2) is 0 Å². The van der Waals surface area contributed by atoms with E-state index in [1.807, 2.05) is 23.1 Å². The number of hydrogen-bond acceptors (Lipinski definition) is 5. The Bertz CT molecular complexity index is 1330. The standard InChI is InChI=1S/C28H33Cl2N5O3/c1-38-13-5-12-35-25-8-3-2-7-24(25)32-26(35)19-6-4-11-33(15-19)28(37)20-16-34(17-23(20)31)27(36)18-9-10-21(29)22(30)14-18/h2-3,7-10,14,19-20,23H,4-6,11-13,15-17,31H2,1H3/t19?,20-,23-/m1/s1. The summed E-state index contributed by atoms with van der Waals surface area (Å²) >= 11 is 12.1. The zero-order valence-electron chi connectivity index (χ0n) is 21.5. The van der Waals surface area contributed by atoms with Crippen LogP contribution in [0, 0.1) is 5.92 Å². The number of fused-ring (bicyclic) bond motifs is 1. The Hall–Kier alpha value is -2.65. The van der Waals surface area contributed by atoms with Crippen LogP contribution in [0.4, 0.5) is 0 Å². The molecule has 2 saturated heterocycles. The summed E-state index contributed by atoms with van der Waals surface area (Å²) in [6.07, 6.45) is 2.75. The average Bonchev–Trinajstić information content (AvgIpc) is 3.50. The zero-order valence-corrected chi connectivity index (χ0v) is 23.0. The zero-order chi connectivity index (χ0) is 26.8. The van der Waals surface area contributed by atoms with Crippen molar-refractivity contribution in [2.75, 3.05) is 39.9 Å². The highest BCUT2D eigenvalue weighted by Gasteiger charge is 2.41. The Morgan fingerprint density at radius 3 is 2.68 bits per heavy atom. The lowest BCUT2D eigenvalue weighted by molar-refractivity contribution is -0.136. The van der Waals surface area contributed by atoms with Crippen LogP contribution in [0.25, 0.3) is 11.0 Å². The number of nitrogens with two attached hydrogens (primary N) is 1. The molecule has 2 aromatic carbocycles. The molecule has 202 valence electrons. The molecule has 38 heavy (non-hydrogen) atoms. The normalized spacial score (nSPS) is 21.8. The first-order valence-electron chi connectivity index (χ1n) is 13.1. The number of para-hydroxylation sites is 2. The van der Waals surface area contributed by atoms with Crippen LogP contribution < -0.4 is 5.73 Å². The molecule has 2 fully saturated rings. The van der Waals surface area contributed by atoms with E-state index >= 15 is 0 Å². The Balaban J connectivity index is 1.30. The maximum atomic E-state index is 13.7. The monoisotopic (exact) mass is 557 g/mol. The van der Waals surface area contributed by atoms with Gasteiger partial charge in [0.05, 0.1) is 27.0 Å².